The first-order chi connectivity index (χ1) is 5.25. The molecule has 0 atom stereocenters. The van der Waals surface area contributed by atoms with Crippen molar-refractivity contribution in [1.82, 2.24) is 0 Å². The topological polar surface area (TPSA) is 23.8 Å². The molecular weight excluding hydrogens is 141 g/mol. The molecule has 1 aromatic rings. The summed E-state index contributed by atoms with van der Waals surface area (Å²) in [4.78, 5) is 0. The maximum Gasteiger partial charge on any atom is 0.126 e. The molecule has 0 heterocycles. The average molecular weight is 149 g/mol. The van der Waals surface area contributed by atoms with Gasteiger partial charge in [-0.05, 0) is 24.1 Å². The molecule has 1 rings (SSSR count). The Kier molecular flexibility index (Phi) is 2.22. The number of benzene rings is 1. The zero-order valence-electron chi connectivity index (χ0n) is 6.26. The van der Waals surface area contributed by atoms with Crippen molar-refractivity contribution in [1.29, 1.82) is 5.26 Å². The van der Waals surface area contributed by atoms with Gasteiger partial charge in [-0.2, -0.15) is 5.26 Å². The van der Waals surface area contributed by atoms with E-state index in [0.29, 0.717) is 5.56 Å². The summed E-state index contributed by atoms with van der Waals surface area (Å²) < 4.78 is 12.8. The highest BCUT2D eigenvalue weighted by Crippen LogP contribution is 2.11. The highest BCUT2D eigenvalue weighted by molar-refractivity contribution is 5.29. The Morgan fingerprint density at radius 3 is 2.91 bits per heavy atom. The van der Waals surface area contributed by atoms with Crippen molar-refractivity contribution < 1.29 is 4.39 Å². The second kappa shape index (κ2) is 3.16. The normalized spacial score (nSPS) is 9.18. The molecule has 0 aliphatic rings. The van der Waals surface area contributed by atoms with E-state index in [9.17, 15) is 4.39 Å². The van der Waals surface area contributed by atoms with Gasteiger partial charge in [0.2, 0.25) is 0 Å². The van der Waals surface area contributed by atoms with Gasteiger partial charge >= 0.3 is 0 Å². The molecule has 1 nitrogen and oxygen atoms in total. The Morgan fingerprint density at radius 2 is 2.27 bits per heavy atom. The van der Waals surface area contributed by atoms with Gasteiger partial charge in [0.25, 0.3) is 0 Å². The van der Waals surface area contributed by atoms with Crippen molar-refractivity contribution in [2.75, 3.05) is 0 Å². The van der Waals surface area contributed by atoms with E-state index in [1.54, 1.807) is 19.1 Å². The molecular formula is C9H8FN. The third-order valence-corrected chi connectivity index (χ3v) is 1.65. The van der Waals surface area contributed by atoms with E-state index in [-0.39, 0.29) is 12.2 Å². The number of nitrogens with zero attached hydrogens (tertiary/aromatic N) is 1. The summed E-state index contributed by atoms with van der Waals surface area (Å²) in [6.45, 7) is 1.68. The molecule has 0 bridgehead atoms. The largest absolute Gasteiger partial charge is 0.207 e. The van der Waals surface area contributed by atoms with Crippen LogP contribution in [0.4, 0.5) is 4.39 Å². The Labute approximate surface area is 65.1 Å². The molecule has 0 saturated heterocycles. The molecule has 0 radical (unpaired) electrons. The Morgan fingerprint density at radius 1 is 1.55 bits per heavy atom. The van der Waals surface area contributed by atoms with Gasteiger partial charge in [0.15, 0.2) is 0 Å². The van der Waals surface area contributed by atoms with E-state index in [1.807, 2.05) is 6.07 Å². The number of rotatable bonds is 1. The van der Waals surface area contributed by atoms with E-state index < -0.39 is 0 Å². The summed E-state index contributed by atoms with van der Waals surface area (Å²) in [7, 11) is 0. The van der Waals surface area contributed by atoms with Gasteiger partial charge in [-0.3, -0.25) is 0 Å². The zero-order chi connectivity index (χ0) is 8.27. The molecule has 0 saturated carbocycles. The second-order valence-corrected chi connectivity index (χ2v) is 2.36. The molecule has 0 fully saturated rings. The fourth-order valence-electron chi connectivity index (χ4n) is 0.929. The van der Waals surface area contributed by atoms with E-state index in [0.717, 1.165) is 5.56 Å². The van der Waals surface area contributed by atoms with Crippen LogP contribution in [-0.2, 0) is 6.42 Å². The van der Waals surface area contributed by atoms with Gasteiger partial charge < -0.3 is 0 Å². The lowest BCUT2D eigenvalue weighted by Gasteiger charge is -2.00. The van der Waals surface area contributed by atoms with Crippen LogP contribution >= 0.6 is 0 Å². The molecule has 0 aliphatic carbocycles. The smallest absolute Gasteiger partial charge is 0.126 e. The molecule has 0 unspecified atom stereocenters. The van der Waals surface area contributed by atoms with Crippen molar-refractivity contribution in [2.45, 2.75) is 13.3 Å². The summed E-state index contributed by atoms with van der Waals surface area (Å²) in [5, 5.41) is 8.36. The van der Waals surface area contributed by atoms with Crippen LogP contribution in [0.25, 0.3) is 0 Å². The summed E-state index contributed by atoms with van der Waals surface area (Å²) in [6, 6.07) is 6.77. The minimum Gasteiger partial charge on any atom is -0.207 e. The van der Waals surface area contributed by atoms with Crippen LogP contribution in [0.1, 0.15) is 11.1 Å². The fourth-order valence-corrected chi connectivity index (χ4v) is 0.929. The van der Waals surface area contributed by atoms with Crippen molar-refractivity contribution in [3.05, 3.63) is 35.1 Å². The lowest BCUT2D eigenvalue weighted by molar-refractivity contribution is 0.616. The minimum atomic E-state index is -0.238. The molecule has 1 aromatic carbocycles. The quantitative estimate of drug-likeness (QED) is 0.600. The Hall–Kier alpha value is -1.36. The molecule has 0 N–H and O–H groups in total. The number of halogens is 1. The van der Waals surface area contributed by atoms with Crippen LogP contribution < -0.4 is 0 Å². The SMILES string of the molecule is Cc1c(F)cccc1CC#N. The van der Waals surface area contributed by atoms with Gasteiger partial charge in [0, 0.05) is 0 Å². The first kappa shape index (κ1) is 7.74. The molecule has 2 heteroatoms. The number of hydrogen-bond donors (Lipinski definition) is 0. The number of nitriles is 1. The second-order valence-electron chi connectivity index (χ2n) is 2.36. The van der Waals surface area contributed by atoms with Crippen LogP contribution in [0.15, 0.2) is 18.2 Å². The zero-order valence-corrected chi connectivity index (χ0v) is 6.26. The van der Waals surface area contributed by atoms with Crippen LogP contribution in [0.2, 0.25) is 0 Å². The van der Waals surface area contributed by atoms with E-state index in [4.69, 9.17) is 5.26 Å². The molecule has 0 spiro atoms. The lowest BCUT2D eigenvalue weighted by Crippen LogP contribution is -1.90. The van der Waals surface area contributed by atoms with Gasteiger partial charge in [-0.1, -0.05) is 12.1 Å². The van der Waals surface area contributed by atoms with Crippen LogP contribution in [0, 0.1) is 24.1 Å². The first-order valence-electron chi connectivity index (χ1n) is 3.36. The van der Waals surface area contributed by atoms with Crippen LogP contribution in [0.3, 0.4) is 0 Å². The van der Waals surface area contributed by atoms with Crippen molar-refractivity contribution in [2.24, 2.45) is 0 Å². The highest BCUT2D eigenvalue weighted by Gasteiger charge is 2.00. The fraction of sp³-hybridized carbons (Fsp3) is 0.222. The third-order valence-electron chi connectivity index (χ3n) is 1.65. The molecule has 0 amide bonds. The standard InChI is InChI=1S/C9H8FN/c1-7-8(5-6-11)3-2-4-9(7)10/h2-4H,5H2,1H3. The van der Waals surface area contributed by atoms with Gasteiger partial charge in [-0.15, -0.1) is 0 Å². The monoisotopic (exact) mass is 149 g/mol. The van der Waals surface area contributed by atoms with E-state index in [2.05, 4.69) is 0 Å². The van der Waals surface area contributed by atoms with Gasteiger partial charge in [-0.25, -0.2) is 4.39 Å². The van der Waals surface area contributed by atoms with Crippen molar-refractivity contribution in [3.8, 4) is 6.07 Å². The summed E-state index contributed by atoms with van der Waals surface area (Å²) >= 11 is 0. The Balaban J connectivity index is 3.08. The van der Waals surface area contributed by atoms with E-state index >= 15 is 0 Å². The first-order valence-corrected chi connectivity index (χ1v) is 3.36. The highest BCUT2D eigenvalue weighted by atomic mass is 19.1. The molecule has 0 aliphatic heterocycles. The maximum absolute atomic E-state index is 12.8. The van der Waals surface area contributed by atoms with E-state index in [1.165, 1.54) is 6.07 Å². The Bertz CT molecular complexity index is 299. The summed E-state index contributed by atoms with van der Waals surface area (Å²) in [5.74, 6) is -0.238. The molecule has 0 aromatic heterocycles. The predicted molar refractivity (Wildman–Crippen MR) is 40.5 cm³/mol. The van der Waals surface area contributed by atoms with Crippen molar-refractivity contribution >= 4 is 0 Å². The van der Waals surface area contributed by atoms with Gasteiger partial charge in [0.05, 0.1) is 12.5 Å². The molecule has 11 heavy (non-hydrogen) atoms. The van der Waals surface area contributed by atoms with Crippen LogP contribution in [-0.4, -0.2) is 0 Å². The van der Waals surface area contributed by atoms with Crippen molar-refractivity contribution in [3.63, 3.8) is 0 Å². The minimum absolute atomic E-state index is 0.238. The third kappa shape index (κ3) is 1.56. The van der Waals surface area contributed by atoms with Crippen LogP contribution in [0.5, 0.6) is 0 Å². The molecule has 56 valence electrons. The predicted octanol–water partition coefficient (Wildman–Crippen LogP) is 2.20. The van der Waals surface area contributed by atoms with Gasteiger partial charge in [0.1, 0.15) is 5.82 Å². The number of hydrogen-bond acceptors (Lipinski definition) is 1. The maximum atomic E-state index is 12.8. The lowest BCUT2D eigenvalue weighted by atomic mass is 10.1. The average Bonchev–Trinajstić information content (AvgIpc) is 1.99. The summed E-state index contributed by atoms with van der Waals surface area (Å²) in [6.07, 6.45) is 0.281. The summed E-state index contributed by atoms with van der Waals surface area (Å²) in [5.41, 5.74) is 1.35.